The second kappa shape index (κ2) is 19.2. The topological polar surface area (TPSA) is 168 Å². The smallest absolute Gasteiger partial charge is 0.408 e. The number of methoxy groups -OCH3 is 1. The van der Waals surface area contributed by atoms with E-state index in [9.17, 15) is 24.0 Å². The molecule has 49 heavy (non-hydrogen) atoms. The van der Waals surface area contributed by atoms with Gasteiger partial charge in [-0.2, -0.15) is 0 Å². The summed E-state index contributed by atoms with van der Waals surface area (Å²) >= 11 is 2.06. The van der Waals surface area contributed by atoms with Crippen LogP contribution >= 0.6 is 22.6 Å². The van der Waals surface area contributed by atoms with Crippen molar-refractivity contribution in [2.24, 2.45) is 0 Å². The van der Waals surface area contributed by atoms with Gasteiger partial charge in [-0.15, -0.1) is 0 Å². The zero-order valence-electron chi connectivity index (χ0n) is 27.7. The first-order valence-corrected chi connectivity index (χ1v) is 16.8. The summed E-state index contributed by atoms with van der Waals surface area (Å²) in [6, 6.07) is 20.2. The normalized spacial score (nSPS) is 12.0. The zero-order chi connectivity index (χ0) is 35.8. The number of carbonyl (C=O) groups excluding carboxylic acids is 5. The molecule has 3 aromatic carbocycles. The number of halogens is 1. The molecule has 0 saturated carbocycles. The average Bonchev–Trinajstić information content (AvgIpc) is 3.07. The van der Waals surface area contributed by atoms with Crippen molar-refractivity contribution < 1.29 is 47.7 Å². The van der Waals surface area contributed by atoms with Crippen LogP contribution in [0.1, 0.15) is 43.5 Å². The lowest BCUT2D eigenvalue weighted by Gasteiger charge is -2.23. The van der Waals surface area contributed by atoms with E-state index >= 15 is 0 Å². The third-order valence-electron chi connectivity index (χ3n) is 6.46. The average molecular weight is 790 g/mol. The van der Waals surface area contributed by atoms with Gasteiger partial charge in [0.15, 0.2) is 6.04 Å². The number of esters is 2. The van der Waals surface area contributed by atoms with Gasteiger partial charge >= 0.3 is 24.1 Å². The Hall–Kier alpha value is -4.86. The van der Waals surface area contributed by atoms with Crippen LogP contribution in [0.2, 0.25) is 0 Å². The molecule has 0 aliphatic rings. The molecule has 0 spiro atoms. The summed E-state index contributed by atoms with van der Waals surface area (Å²) in [6.07, 6.45) is -1.51. The molecular formula is C35H40IN3O10. The molecule has 0 saturated heterocycles. The first-order chi connectivity index (χ1) is 23.4. The van der Waals surface area contributed by atoms with Crippen LogP contribution in [-0.2, 0) is 46.4 Å². The molecule has 13 nitrogen and oxygen atoms in total. The SMILES string of the molecule is COC(=O)[C@H](NC(=O)OCc1ccccc1)c1cccc(Oc2ccc(C[C@@H](NC(=O)OC(C)(C)C)C(=O)NCC(=O)OCCI)cc2)c1. The van der Waals surface area contributed by atoms with Gasteiger partial charge in [0.2, 0.25) is 5.91 Å². The van der Waals surface area contributed by atoms with Gasteiger partial charge in [-0.25, -0.2) is 14.4 Å². The Balaban J connectivity index is 1.68. The molecule has 262 valence electrons. The largest absolute Gasteiger partial charge is 0.467 e. The molecule has 2 atom stereocenters. The number of carbonyl (C=O) groups is 5. The second-order valence-electron chi connectivity index (χ2n) is 11.5. The van der Waals surface area contributed by atoms with Crippen LogP contribution in [0.3, 0.4) is 0 Å². The molecule has 3 N–H and O–H groups in total. The Morgan fingerprint density at radius 2 is 1.51 bits per heavy atom. The van der Waals surface area contributed by atoms with Crippen molar-refractivity contribution in [3.63, 3.8) is 0 Å². The van der Waals surface area contributed by atoms with Gasteiger partial charge in [-0.05, 0) is 61.7 Å². The molecular weight excluding hydrogens is 749 g/mol. The minimum absolute atomic E-state index is 0.0235. The standard InChI is InChI=1S/C35H40IN3O10/c1-35(2,3)49-34(44)38-28(31(41)37-21-29(40)46-18-17-36)19-23-13-15-26(16-14-23)48-27-12-8-11-25(20-27)30(32(42)45-4)39-33(43)47-22-24-9-6-5-7-10-24/h5-16,20,28,30H,17-19,21-22H2,1-4H3,(H,37,41)(H,38,44)(H,39,43)/t28-,30-/m1/s1. The van der Waals surface area contributed by atoms with Gasteiger partial charge in [-0.3, -0.25) is 9.59 Å². The van der Waals surface area contributed by atoms with E-state index in [1.165, 1.54) is 7.11 Å². The molecule has 0 aromatic heterocycles. The van der Waals surface area contributed by atoms with Crippen molar-refractivity contribution in [2.45, 2.75) is 51.5 Å². The summed E-state index contributed by atoms with van der Waals surface area (Å²) in [5.41, 5.74) is 1.08. The fourth-order valence-electron chi connectivity index (χ4n) is 4.25. The highest BCUT2D eigenvalue weighted by Crippen LogP contribution is 2.26. The molecule has 14 heteroatoms. The highest BCUT2D eigenvalue weighted by Gasteiger charge is 2.26. The maximum Gasteiger partial charge on any atom is 0.408 e. The van der Waals surface area contributed by atoms with Gasteiger partial charge in [0, 0.05) is 10.8 Å². The molecule has 3 aromatic rings. The minimum Gasteiger partial charge on any atom is -0.467 e. The Morgan fingerprint density at radius 1 is 0.796 bits per heavy atom. The number of alkyl carbamates (subject to hydrolysis) is 2. The first kappa shape index (κ1) is 38.6. The van der Waals surface area contributed by atoms with Crippen molar-refractivity contribution in [2.75, 3.05) is 24.7 Å². The fourth-order valence-corrected chi connectivity index (χ4v) is 4.47. The van der Waals surface area contributed by atoms with E-state index < -0.39 is 47.7 Å². The number of alkyl halides is 1. The summed E-state index contributed by atoms with van der Waals surface area (Å²) in [4.78, 5) is 62.5. The van der Waals surface area contributed by atoms with Crippen LogP contribution < -0.4 is 20.7 Å². The lowest BCUT2D eigenvalue weighted by atomic mass is 10.0. The molecule has 0 bridgehead atoms. The van der Waals surface area contributed by atoms with E-state index in [2.05, 4.69) is 38.5 Å². The van der Waals surface area contributed by atoms with Gasteiger partial charge in [0.05, 0.1) is 7.11 Å². The summed E-state index contributed by atoms with van der Waals surface area (Å²) in [5, 5.41) is 7.61. The predicted octanol–water partition coefficient (Wildman–Crippen LogP) is 5.15. The molecule has 0 heterocycles. The quantitative estimate of drug-likeness (QED) is 0.0812. The molecule has 0 radical (unpaired) electrons. The molecule has 0 aliphatic heterocycles. The summed E-state index contributed by atoms with van der Waals surface area (Å²) < 4.78 is 27.1. The van der Waals surface area contributed by atoms with E-state index in [1.54, 1.807) is 69.3 Å². The van der Waals surface area contributed by atoms with E-state index in [0.717, 1.165) is 5.56 Å². The Bertz CT molecular complexity index is 1560. The van der Waals surface area contributed by atoms with Crippen LogP contribution in [0.5, 0.6) is 11.5 Å². The van der Waals surface area contributed by atoms with Crippen molar-refractivity contribution >= 4 is 52.6 Å². The van der Waals surface area contributed by atoms with Crippen LogP contribution in [0, 0.1) is 0 Å². The third kappa shape index (κ3) is 14.0. The van der Waals surface area contributed by atoms with Crippen molar-refractivity contribution in [3.8, 4) is 11.5 Å². The molecule has 3 amide bonds. The highest BCUT2D eigenvalue weighted by molar-refractivity contribution is 14.1. The van der Waals surface area contributed by atoms with Gasteiger partial charge in [0.25, 0.3) is 0 Å². The Labute approximate surface area is 298 Å². The van der Waals surface area contributed by atoms with E-state index in [4.69, 9.17) is 23.7 Å². The Kier molecular flexibility index (Phi) is 15.1. The number of hydrogen-bond donors (Lipinski definition) is 3. The minimum atomic E-state index is -1.16. The summed E-state index contributed by atoms with van der Waals surface area (Å²) in [6.45, 7) is 5.00. The molecule has 0 unspecified atom stereocenters. The van der Waals surface area contributed by atoms with Crippen LogP contribution in [0.25, 0.3) is 0 Å². The van der Waals surface area contributed by atoms with Crippen molar-refractivity contribution in [1.29, 1.82) is 0 Å². The number of nitrogens with one attached hydrogen (secondary N) is 3. The van der Waals surface area contributed by atoms with Crippen molar-refractivity contribution in [3.05, 3.63) is 95.6 Å². The van der Waals surface area contributed by atoms with E-state index in [1.807, 2.05) is 30.3 Å². The van der Waals surface area contributed by atoms with Crippen molar-refractivity contribution in [1.82, 2.24) is 16.0 Å². The maximum atomic E-state index is 13.0. The predicted molar refractivity (Wildman–Crippen MR) is 187 cm³/mol. The van der Waals surface area contributed by atoms with Gasteiger partial charge in [0.1, 0.15) is 42.9 Å². The number of benzene rings is 3. The summed E-state index contributed by atoms with van der Waals surface area (Å²) in [7, 11) is 1.22. The molecule has 0 fully saturated rings. The number of ether oxygens (including phenoxy) is 5. The third-order valence-corrected chi connectivity index (χ3v) is 6.90. The van der Waals surface area contributed by atoms with Gasteiger partial charge < -0.3 is 39.6 Å². The van der Waals surface area contributed by atoms with Crippen LogP contribution in [0.15, 0.2) is 78.9 Å². The number of rotatable bonds is 15. The maximum absolute atomic E-state index is 13.0. The first-order valence-electron chi connectivity index (χ1n) is 15.3. The van der Waals surface area contributed by atoms with Gasteiger partial charge in [-0.1, -0.05) is 77.2 Å². The lowest BCUT2D eigenvalue weighted by Crippen LogP contribution is -2.50. The van der Waals surface area contributed by atoms with Crippen LogP contribution in [-0.4, -0.2) is 66.4 Å². The lowest BCUT2D eigenvalue weighted by molar-refractivity contribution is -0.143. The number of hydrogen-bond acceptors (Lipinski definition) is 10. The Morgan fingerprint density at radius 3 is 2.16 bits per heavy atom. The second-order valence-corrected chi connectivity index (χ2v) is 12.6. The zero-order valence-corrected chi connectivity index (χ0v) is 29.8. The van der Waals surface area contributed by atoms with E-state index in [-0.39, 0.29) is 26.2 Å². The molecule has 3 rings (SSSR count). The fraction of sp³-hybridized carbons (Fsp3) is 0.343. The van der Waals surface area contributed by atoms with Crippen LogP contribution in [0.4, 0.5) is 9.59 Å². The molecule has 0 aliphatic carbocycles. The summed E-state index contributed by atoms with van der Waals surface area (Å²) in [5.74, 6) is -1.08. The van der Waals surface area contributed by atoms with E-state index in [0.29, 0.717) is 27.1 Å². The number of amides is 3. The highest BCUT2D eigenvalue weighted by atomic mass is 127. The monoisotopic (exact) mass is 789 g/mol.